The Hall–Kier alpha value is -2.48. The molecule has 0 unspecified atom stereocenters. The van der Waals surface area contributed by atoms with Gasteiger partial charge in [-0.25, -0.2) is 9.37 Å². The highest BCUT2D eigenvalue weighted by atomic mass is 35.5. The molecule has 1 aliphatic heterocycles. The van der Waals surface area contributed by atoms with Crippen molar-refractivity contribution in [2.75, 3.05) is 13.7 Å². The first-order chi connectivity index (χ1) is 13.6. The molecule has 3 heterocycles. The van der Waals surface area contributed by atoms with Crippen molar-refractivity contribution >= 4 is 44.1 Å². The second kappa shape index (κ2) is 6.55. The summed E-state index contributed by atoms with van der Waals surface area (Å²) in [6.45, 7) is -0.156. The van der Waals surface area contributed by atoms with Gasteiger partial charge in [0.15, 0.2) is 11.6 Å². The summed E-state index contributed by atoms with van der Waals surface area (Å²) in [5.74, 6) is 0.394. The van der Waals surface area contributed by atoms with Crippen LogP contribution in [0.1, 0.15) is 5.56 Å². The van der Waals surface area contributed by atoms with Crippen molar-refractivity contribution in [3.8, 4) is 22.1 Å². The van der Waals surface area contributed by atoms with E-state index in [-0.39, 0.29) is 12.4 Å². The second-order valence-electron chi connectivity index (χ2n) is 6.56. The fraction of sp³-hybridized carbons (Fsp3) is 0.200. The minimum Gasteiger partial charge on any atom is -0.495 e. The number of methoxy groups -OCH3 is 1. The second-order valence-corrected chi connectivity index (χ2v) is 7.97. The van der Waals surface area contributed by atoms with E-state index in [1.807, 2.05) is 18.2 Å². The Labute approximate surface area is 168 Å². The number of aliphatic hydroxyl groups is 1. The quantitative estimate of drug-likeness (QED) is 0.528. The number of benzene rings is 2. The van der Waals surface area contributed by atoms with Crippen LogP contribution in [0.15, 0.2) is 30.5 Å². The van der Waals surface area contributed by atoms with Gasteiger partial charge in [0, 0.05) is 29.0 Å². The number of thiazole rings is 1. The van der Waals surface area contributed by atoms with Crippen molar-refractivity contribution in [3.63, 3.8) is 0 Å². The molecule has 1 aliphatic rings. The Balaban J connectivity index is 1.68. The molecule has 142 valence electrons. The molecular formula is C20H14ClFN2O3S. The average molecular weight is 417 g/mol. The van der Waals surface area contributed by atoms with Gasteiger partial charge in [-0.3, -0.25) is 4.98 Å². The first kappa shape index (κ1) is 17.6. The van der Waals surface area contributed by atoms with Gasteiger partial charge in [-0.15, -0.1) is 11.3 Å². The Morgan fingerprint density at radius 3 is 3.00 bits per heavy atom. The van der Waals surface area contributed by atoms with Crippen molar-refractivity contribution in [2.45, 2.75) is 12.5 Å². The number of hydrogen-bond donors (Lipinski definition) is 1. The number of fused-ring (bicyclic) bond motifs is 4. The molecule has 5 rings (SSSR count). The van der Waals surface area contributed by atoms with E-state index >= 15 is 0 Å². The van der Waals surface area contributed by atoms with E-state index in [9.17, 15) is 9.50 Å². The Bertz CT molecular complexity index is 1240. The lowest BCUT2D eigenvalue weighted by Gasteiger charge is -2.05. The van der Waals surface area contributed by atoms with E-state index < -0.39 is 11.9 Å². The average Bonchev–Trinajstić information content (AvgIpc) is 3.31. The topological polar surface area (TPSA) is 64.5 Å². The zero-order valence-electron chi connectivity index (χ0n) is 14.7. The molecule has 0 saturated carbocycles. The summed E-state index contributed by atoms with van der Waals surface area (Å²) in [6.07, 6.45) is 1.66. The number of rotatable bonds is 3. The Morgan fingerprint density at radius 2 is 2.21 bits per heavy atom. The SMILES string of the molecule is COc1cnc2c(Cl)cc(-c3nc4cc(F)c5c(c4s3)C[C@H](CO)O5)cc2c1. The predicted molar refractivity (Wildman–Crippen MR) is 107 cm³/mol. The number of pyridine rings is 1. The summed E-state index contributed by atoms with van der Waals surface area (Å²) in [7, 11) is 1.58. The van der Waals surface area contributed by atoms with Crippen molar-refractivity contribution in [1.29, 1.82) is 0 Å². The van der Waals surface area contributed by atoms with Gasteiger partial charge in [0.2, 0.25) is 0 Å². The highest BCUT2D eigenvalue weighted by Crippen LogP contribution is 2.43. The molecule has 0 fully saturated rings. The van der Waals surface area contributed by atoms with Crippen LogP contribution in [0.2, 0.25) is 5.02 Å². The Kier molecular flexibility index (Phi) is 4.12. The van der Waals surface area contributed by atoms with Gasteiger partial charge in [-0.2, -0.15) is 0 Å². The van der Waals surface area contributed by atoms with Crippen LogP contribution in [0.3, 0.4) is 0 Å². The normalized spacial score (nSPS) is 15.8. The van der Waals surface area contributed by atoms with Gasteiger partial charge >= 0.3 is 0 Å². The largest absolute Gasteiger partial charge is 0.495 e. The van der Waals surface area contributed by atoms with E-state index in [1.165, 1.54) is 17.4 Å². The molecule has 1 N–H and O–H groups in total. The molecule has 4 aromatic rings. The first-order valence-electron chi connectivity index (χ1n) is 8.60. The van der Waals surface area contributed by atoms with Crippen molar-refractivity contribution in [1.82, 2.24) is 9.97 Å². The smallest absolute Gasteiger partial charge is 0.167 e. The third-order valence-electron chi connectivity index (χ3n) is 4.80. The number of aliphatic hydroxyl groups excluding tert-OH is 1. The first-order valence-corrected chi connectivity index (χ1v) is 9.80. The van der Waals surface area contributed by atoms with Gasteiger partial charge in [0.1, 0.15) is 16.9 Å². The molecule has 0 aliphatic carbocycles. The van der Waals surface area contributed by atoms with Gasteiger partial charge in [-0.1, -0.05) is 11.6 Å². The zero-order valence-corrected chi connectivity index (χ0v) is 16.3. The lowest BCUT2D eigenvalue weighted by atomic mass is 10.1. The number of nitrogens with zero attached hydrogens (tertiary/aromatic N) is 2. The van der Waals surface area contributed by atoms with Crippen LogP contribution in [0.25, 0.3) is 31.7 Å². The summed E-state index contributed by atoms with van der Waals surface area (Å²) in [5, 5.41) is 11.4. The molecular weight excluding hydrogens is 403 g/mol. The van der Waals surface area contributed by atoms with E-state index in [0.29, 0.717) is 28.2 Å². The third kappa shape index (κ3) is 2.70. The lowest BCUT2D eigenvalue weighted by Crippen LogP contribution is -2.17. The summed E-state index contributed by atoms with van der Waals surface area (Å²) in [6, 6.07) is 6.99. The summed E-state index contributed by atoms with van der Waals surface area (Å²) in [4.78, 5) is 8.95. The van der Waals surface area contributed by atoms with Crippen LogP contribution < -0.4 is 9.47 Å². The zero-order chi connectivity index (χ0) is 19.4. The van der Waals surface area contributed by atoms with E-state index in [1.54, 1.807) is 13.3 Å². The Morgan fingerprint density at radius 1 is 1.36 bits per heavy atom. The molecule has 5 nitrogen and oxygen atoms in total. The van der Waals surface area contributed by atoms with Crippen LogP contribution in [0, 0.1) is 5.82 Å². The molecule has 1 atom stereocenters. The fourth-order valence-corrected chi connectivity index (χ4v) is 4.83. The predicted octanol–water partition coefficient (Wildman–Crippen LogP) is 4.61. The monoisotopic (exact) mass is 416 g/mol. The minimum absolute atomic E-state index is 0.156. The van der Waals surface area contributed by atoms with Gasteiger partial charge < -0.3 is 14.6 Å². The van der Waals surface area contributed by atoms with Crippen LogP contribution in [0.5, 0.6) is 11.5 Å². The number of ether oxygens (including phenoxy) is 2. The summed E-state index contributed by atoms with van der Waals surface area (Å²) >= 11 is 7.88. The minimum atomic E-state index is -0.458. The summed E-state index contributed by atoms with van der Waals surface area (Å²) in [5.41, 5.74) is 2.82. The lowest BCUT2D eigenvalue weighted by molar-refractivity contribution is 0.131. The third-order valence-corrected chi connectivity index (χ3v) is 6.26. The molecule has 0 amide bonds. The van der Waals surface area contributed by atoms with Gasteiger partial charge in [0.25, 0.3) is 0 Å². The van der Waals surface area contributed by atoms with Crippen LogP contribution in [0.4, 0.5) is 4.39 Å². The van der Waals surface area contributed by atoms with Crippen molar-refractivity contribution in [3.05, 3.63) is 46.9 Å². The number of halogens is 2. The standard InChI is InChI=1S/C20H14ClFN2O3S/c1-26-11-3-9-2-10(4-14(21)17(9)23-7-11)20-24-16-6-15(22)18-13(19(16)28-20)5-12(8-25)27-18/h2-4,6-7,12,25H,5,8H2,1H3/t12-/m1/s1. The fourth-order valence-electron chi connectivity index (χ4n) is 3.47. The molecule has 2 aromatic carbocycles. The van der Waals surface area contributed by atoms with E-state index in [0.717, 1.165) is 26.2 Å². The maximum atomic E-state index is 14.4. The van der Waals surface area contributed by atoms with Crippen LogP contribution >= 0.6 is 22.9 Å². The van der Waals surface area contributed by atoms with E-state index in [4.69, 9.17) is 21.1 Å². The highest BCUT2D eigenvalue weighted by molar-refractivity contribution is 7.21. The molecule has 0 saturated heterocycles. The highest BCUT2D eigenvalue weighted by Gasteiger charge is 2.29. The molecule has 0 spiro atoms. The van der Waals surface area contributed by atoms with Crippen LogP contribution in [-0.2, 0) is 6.42 Å². The molecule has 28 heavy (non-hydrogen) atoms. The van der Waals surface area contributed by atoms with Crippen molar-refractivity contribution < 1.29 is 19.0 Å². The van der Waals surface area contributed by atoms with Gasteiger partial charge in [-0.05, 0) is 18.2 Å². The molecule has 2 aromatic heterocycles. The maximum Gasteiger partial charge on any atom is 0.167 e. The number of hydrogen-bond acceptors (Lipinski definition) is 6. The summed E-state index contributed by atoms with van der Waals surface area (Å²) < 4.78 is 26.0. The van der Waals surface area contributed by atoms with Gasteiger partial charge in [0.05, 0.1) is 40.7 Å². The number of aromatic nitrogens is 2. The van der Waals surface area contributed by atoms with Crippen molar-refractivity contribution in [2.24, 2.45) is 0 Å². The molecule has 8 heteroatoms. The van der Waals surface area contributed by atoms with E-state index in [2.05, 4.69) is 9.97 Å². The molecule has 0 radical (unpaired) electrons. The molecule has 0 bridgehead atoms. The van der Waals surface area contributed by atoms with Crippen LogP contribution in [-0.4, -0.2) is 34.9 Å². The maximum absolute atomic E-state index is 14.4.